The quantitative estimate of drug-likeness (QED) is 0.697. The predicted octanol–water partition coefficient (Wildman–Crippen LogP) is 1.33. The Morgan fingerprint density at radius 1 is 1.10 bits per heavy atom. The lowest BCUT2D eigenvalue weighted by molar-refractivity contribution is 0.193. The zero-order valence-corrected chi connectivity index (χ0v) is 16.0. The number of piperazine rings is 1. The van der Waals surface area contributed by atoms with Crippen LogP contribution in [0.25, 0.3) is 5.78 Å². The van der Waals surface area contributed by atoms with Crippen molar-refractivity contribution in [2.75, 3.05) is 31.1 Å². The average Bonchev–Trinajstić information content (AvgIpc) is 3.52. The highest BCUT2D eigenvalue weighted by Gasteiger charge is 2.27. The van der Waals surface area contributed by atoms with Crippen molar-refractivity contribution in [3.63, 3.8) is 0 Å². The Morgan fingerprint density at radius 2 is 1.86 bits per heavy atom. The van der Waals surface area contributed by atoms with Gasteiger partial charge in [0.2, 0.25) is 5.95 Å². The van der Waals surface area contributed by atoms with E-state index in [1.807, 2.05) is 35.2 Å². The maximum atomic E-state index is 12.4. The van der Waals surface area contributed by atoms with E-state index in [2.05, 4.69) is 20.4 Å². The van der Waals surface area contributed by atoms with Gasteiger partial charge in [-0.15, -0.1) is 0 Å². The number of nitrogens with zero attached hydrogens (tertiary/aromatic N) is 5. The monoisotopic (exact) mass is 393 g/mol. The average molecular weight is 393 g/mol. The lowest BCUT2D eigenvalue weighted by Crippen LogP contribution is -2.52. The molecular weight excluding hydrogens is 370 g/mol. The number of rotatable bonds is 4. The summed E-state index contributed by atoms with van der Waals surface area (Å²) in [6.45, 7) is 2.98. The molecule has 9 nitrogen and oxygen atoms in total. The molecule has 0 bridgehead atoms. The highest BCUT2D eigenvalue weighted by atomic mass is 16.2. The number of anilines is 1. The van der Waals surface area contributed by atoms with Crippen LogP contribution in [0, 0.1) is 0 Å². The van der Waals surface area contributed by atoms with Gasteiger partial charge in [0.15, 0.2) is 0 Å². The van der Waals surface area contributed by atoms with Crippen molar-refractivity contribution < 1.29 is 4.79 Å². The van der Waals surface area contributed by atoms with Crippen molar-refractivity contribution in [2.45, 2.75) is 25.3 Å². The van der Waals surface area contributed by atoms with Gasteiger partial charge in [-0.2, -0.15) is 9.50 Å². The molecule has 0 atom stereocenters. The minimum Gasteiger partial charge on any atom is -0.338 e. The lowest BCUT2D eigenvalue weighted by Gasteiger charge is -2.34. The maximum Gasteiger partial charge on any atom is 0.317 e. The van der Waals surface area contributed by atoms with Crippen molar-refractivity contribution >= 4 is 17.8 Å². The normalized spacial score (nSPS) is 17.0. The van der Waals surface area contributed by atoms with Crippen LogP contribution in [0.15, 0.2) is 41.2 Å². The molecule has 2 N–H and O–H groups in total. The molecule has 3 heterocycles. The molecule has 1 aliphatic carbocycles. The second kappa shape index (κ2) is 7.23. The summed E-state index contributed by atoms with van der Waals surface area (Å²) in [4.78, 5) is 37.7. The number of H-pyrrole nitrogens is 1. The van der Waals surface area contributed by atoms with Crippen molar-refractivity contribution in [3.8, 4) is 0 Å². The minimum absolute atomic E-state index is 0.0647. The summed E-state index contributed by atoms with van der Waals surface area (Å²) in [7, 11) is 0. The number of hydrogen-bond donors (Lipinski definition) is 2. The van der Waals surface area contributed by atoms with E-state index < -0.39 is 0 Å². The maximum absolute atomic E-state index is 12.4. The summed E-state index contributed by atoms with van der Waals surface area (Å²) in [6, 6.07) is 11.4. The standard InChI is InChI=1S/C20H23N7O2/c28-17-12-16(15-6-7-15)22-18-23-19(24-27(17)18)25-8-10-26(11-9-25)20(29)21-13-14-4-2-1-3-5-14/h1-5,12,15H,6-11,13H2,(H,21,29)(H,22,23,24). The zero-order chi connectivity index (χ0) is 19.8. The van der Waals surface area contributed by atoms with Gasteiger partial charge in [-0.3, -0.25) is 9.89 Å². The molecule has 1 aliphatic heterocycles. The van der Waals surface area contributed by atoms with Gasteiger partial charge >= 0.3 is 6.03 Å². The number of urea groups is 1. The van der Waals surface area contributed by atoms with E-state index >= 15 is 0 Å². The molecule has 2 aliphatic rings. The molecule has 3 aromatic rings. The van der Waals surface area contributed by atoms with E-state index in [9.17, 15) is 9.59 Å². The number of nitrogens with one attached hydrogen (secondary N) is 2. The SMILES string of the molecule is O=C(NCc1ccccc1)N1CCN(c2nc3nc(C4CC4)cc(=O)n3[nH]2)CC1. The third kappa shape index (κ3) is 3.67. The second-order valence-corrected chi connectivity index (χ2v) is 7.59. The van der Waals surface area contributed by atoms with Crippen LogP contribution in [-0.4, -0.2) is 56.7 Å². The molecule has 2 amide bonds. The minimum atomic E-state index is -0.130. The molecule has 5 rings (SSSR count). The van der Waals surface area contributed by atoms with Crippen LogP contribution < -0.4 is 15.8 Å². The smallest absolute Gasteiger partial charge is 0.317 e. The highest BCUT2D eigenvalue weighted by Crippen LogP contribution is 2.38. The topological polar surface area (TPSA) is 98.6 Å². The van der Waals surface area contributed by atoms with Crippen LogP contribution >= 0.6 is 0 Å². The number of hydrogen-bond acceptors (Lipinski definition) is 5. The van der Waals surface area contributed by atoms with Gasteiger partial charge in [0.05, 0.1) is 5.69 Å². The summed E-state index contributed by atoms with van der Waals surface area (Å²) in [6.07, 6.45) is 2.18. The van der Waals surface area contributed by atoms with Crippen LogP contribution in [0.5, 0.6) is 0 Å². The molecule has 2 fully saturated rings. The van der Waals surface area contributed by atoms with E-state index in [0.29, 0.717) is 50.4 Å². The van der Waals surface area contributed by atoms with Gasteiger partial charge < -0.3 is 15.1 Å². The fourth-order valence-electron chi connectivity index (χ4n) is 3.62. The number of amides is 2. The van der Waals surface area contributed by atoms with Crippen LogP contribution in [0.2, 0.25) is 0 Å². The number of carbonyl (C=O) groups is 1. The molecule has 1 saturated carbocycles. The molecule has 150 valence electrons. The van der Waals surface area contributed by atoms with E-state index in [4.69, 9.17) is 0 Å². The van der Waals surface area contributed by atoms with Crippen molar-refractivity contribution in [2.24, 2.45) is 0 Å². The number of fused-ring (bicyclic) bond motifs is 1. The van der Waals surface area contributed by atoms with Crippen LogP contribution in [-0.2, 0) is 6.54 Å². The Hall–Kier alpha value is -3.36. The highest BCUT2D eigenvalue weighted by molar-refractivity contribution is 5.74. The number of carbonyl (C=O) groups excluding carboxylic acids is 1. The molecule has 2 aromatic heterocycles. The van der Waals surface area contributed by atoms with Gasteiger partial charge in [-0.25, -0.2) is 9.78 Å². The van der Waals surface area contributed by atoms with Gasteiger partial charge in [0.1, 0.15) is 0 Å². The Labute approximate surface area is 167 Å². The van der Waals surface area contributed by atoms with Crippen LogP contribution in [0.1, 0.15) is 30.0 Å². The fourth-order valence-corrected chi connectivity index (χ4v) is 3.62. The van der Waals surface area contributed by atoms with E-state index in [1.165, 1.54) is 4.52 Å². The summed E-state index contributed by atoms with van der Waals surface area (Å²) in [5.41, 5.74) is 1.79. The summed E-state index contributed by atoms with van der Waals surface area (Å²) < 4.78 is 1.39. The Kier molecular flexibility index (Phi) is 4.42. The second-order valence-electron chi connectivity index (χ2n) is 7.59. The van der Waals surface area contributed by atoms with E-state index in [-0.39, 0.29) is 11.6 Å². The summed E-state index contributed by atoms with van der Waals surface area (Å²) in [5.74, 6) is 1.44. The third-order valence-corrected chi connectivity index (χ3v) is 5.49. The van der Waals surface area contributed by atoms with Gasteiger partial charge in [-0.1, -0.05) is 30.3 Å². The molecule has 0 spiro atoms. The number of aromatic amines is 1. The molecule has 0 radical (unpaired) electrons. The Balaban J connectivity index is 1.22. The van der Waals surface area contributed by atoms with Crippen molar-refractivity contribution in [1.29, 1.82) is 0 Å². The Morgan fingerprint density at radius 3 is 2.59 bits per heavy atom. The van der Waals surface area contributed by atoms with E-state index in [1.54, 1.807) is 11.0 Å². The first-order valence-electron chi connectivity index (χ1n) is 9.99. The molecule has 29 heavy (non-hydrogen) atoms. The summed E-state index contributed by atoms with van der Waals surface area (Å²) in [5, 5.41) is 6.01. The van der Waals surface area contributed by atoms with E-state index in [0.717, 1.165) is 24.1 Å². The molecule has 9 heteroatoms. The first-order chi connectivity index (χ1) is 14.2. The molecule has 0 unspecified atom stereocenters. The first-order valence-corrected chi connectivity index (χ1v) is 9.99. The molecule has 1 saturated heterocycles. The van der Waals surface area contributed by atoms with Crippen LogP contribution in [0.4, 0.5) is 10.7 Å². The zero-order valence-electron chi connectivity index (χ0n) is 16.0. The summed E-state index contributed by atoms with van der Waals surface area (Å²) >= 11 is 0. The van der Waals surface area contributed by atoms with Gasteiger partial charge in [0, 0.05) is 44.7 Å². The van der Waals surface area contributed by atoms with Crippen LogP contribution in [0.3, 0.4) is 0 Å². The Bertz CT molecular complexity index is 1080. The third-order valence-electron chi connectivity index (χ3n) is 5.49. The largest absolute Gasteiger partial charge is 0.338 e. The lowest BCUT2D eigenvalue weighted by atomic mass is 10.2. The number of aromatic nitrogens is 4. The van der Waals surface area contributed by atoms with Crippen molar-refractivity contribution in [1.82, 2.24) is 29.8 Å². The molecular formula is C20H23N7O2. The van der Waals surface area contributed by atoms with Gasteiger partial charge in [0.25, 0.3) is 11.3 Å². The predicted molar refractivity (Wildman–Crippen MR) is 108 cm³/mol. The van der Waals surface area contributed by atoms with Gasteiger partial charge in [-0.05, 0) is 18.4 Å². The number of benzene rings is 1. The van der Waals surface area contributed by atoms with Crippen molar-refractivity contribution in [3.05, 3.63) is 58.0 Å². The first kappa shape index (κ1) is 17.7. The molecule has 1 aromatic carbocycles. The fraction of sp³-hybridized carbons (Fsp3) is 0.400.